The van der Waals surface area contributed by atoms with E-state index in [2.05, 4.69) is 6.92 Å². The molecule has 1 aromatic carbocycles. The summed E-state index contributed by atoms with van der Waals surface area (Å²) in [7, 11) is 0. The SMILES string of the molecule is CCCCCCCC1OC(=O)C=C1N(Cc1ccccc1)C(=O)OC(C)(C)C. The van der Waals surface area contributed by atoms with Crippen molar-refractivity contribution in [2.75, 3.05) is 0 Å². The first-order chi connectivity index (χ1) is 13.3. The summed E-state index contributed by atoms with van der Waals surface area (Å²) in [4.78, 5) is 26.4. The molecule has 1 aliphatic rings. The van der Waals surface area contributed by atoms with Crippen LogP contribution in [0.5, 0.6) is 0 Å². The second-order valence-electron chi connectivity index (χ2n) is 8.25. The Bertz CT molecular complexity index is 676. The van der Waals surface area contributed by atoms with Gasteiger partial charge in [0.2, 0.25) is 0 Å². The number of rotatable bonds is 9. The minimum Gasteiger partial charge on any atom is -0.453 e. The summed E-state index contributed by atoms with van der Waals surface area (Å²) in [5.41, 5.74) is 0.944. The maximum Gasteiger partial charge on any atom is 0.414 e. The maximum atomic E-state index is 12.9. The van der Waals surface area contributed by atoms with Crippen molar-refractivity contribution in [1.29, 1.82) is 0 Å². The lowest BCUT2D eigenvalue weighted by molar-refractivity contribution is -0.139. The number of benzene rings is 1. The van der Waals surface area contributed by atoms with Gasteiger partial charge in [-0.05, 0) is 39.2 Å². The molecule has 0 radical (unpaired) electrons. The average Bonchev–Trinajstić information content (AvgIpc) is 2.99. The molecule has 0 spiro atoms. The van der Waals surface area contributed by atoms with Crippen LogP contribution < -0.4 is 0 Å². The Morgan fingerprint density at radius 1 is 1.11 bits per heavy atom. The molecular weight excluding hydrogens is 354 g/mol. The second kappa shape index (κ2) is 10.3. The second-order valence-corrected chi connectivity index (χ2v) is 8.25. The molecule has 1 aromatic rings. The Hall–Kier alpha value is -2.30. The molecular formula is C23H33NO4. The standard InChI is InChI=1S/C23H33NO4/c1-5-6-7-8-12-15-20-19(16-21(25)27-20)24(22(26)28-23(2,3)4)17-18-13-10-9-11-14-18/h9-11,13-14,16,20H,5-8,12,15,17H2,1-4H3. The van der Waals surface area contributed by atoms with Crippen molar-refractivity contribution in [2.24, 2.45) is 0 Å². The maximum absolute atomic E-state index is 12.9. The van der Waals surface area contributed by atoms with Crippen LogP contribution in [0.4, 0.5) is 4.79 Å². The Balaban J connectivity index is 2.15. The fourth-order valence-electron chi connectivity index (χ4n) is 3.18. The molecule has 0 N–H and O–H groups in total. The van der Waals surface area contributed by atoms with Crippen LogP contribution in [0, 0.1) is 0 Å². The summed E-state index contributed by atoms with van der Waals surface area (Å²) < 4.78 is 11.1. The molecule has 1 aliphatic heterocycles. The van der Waals surface area contributed by atoms with Gasteiger partial charge >= 0.3 is 12.1 Å². The lowest BCUT2D eigenvalue weighted by Crippen LogP contribution is -2.38. The fourth-order valence-corrected chi connectivity index (χ4v) is 3.18. The first-order valence-electron chi connectivity index (χ1n) is 10.3. The zero-order chi connectivity index (χ0) is 20.6. The topological polar surface area (TPSA) is 55.8 Å². The van der Waals surface area contributed by atoms with Crippen molar-refractivity contribution in [2.45, 2.75) is 84.5 Å². The number of ether oxygens (including phenoxy) is 2. The Morgan fingerprint density at radius 2 is 1.79 bits per heavy atom. The highest BCUT2D eigenvalue weighted by Crippen LogP contribution is 2.28. The van der Waals surface area contributed by atoms with Gasteiger partial charge in [-0.25, -0.2) is 9.59 Å². The summed E-state index contributed by atoms with van der Waals surface area (Å²) >= 11 is 0. The van der Waals surface area contributed by atoms with Crippen LogP contribution in [0.15, 0.2) is 42.1 Å². The normalized spacial score (nSPS) is 16.5. The first-order valence-corrected chi connectivity index (χ1v) is 10.3. The number of amides is 1. The van der Waals surface area contributed by atoms with E-state index < -0.39 is 23.8 Å². The number of carbonyl (C=O) groups excluding carboxylic acids is 2. The molecule has 1 unspecified atom stereocenters. The van der Waals surface area contributed by atoms with Crippen molar-refractivity contribution in [3.63, 3.8) is 0 Å². The number of carbonyl (C=O) groups is 2. The first kappa shape index (κ1) is 22.0. The van der Waals surface area contributed by atoms with Gasteiger partial charge in [0.15, 0.2) is 0 Å². The average molecular weight is 388 g/mol. The zero-order valence-corrected chi connectivity index (χ0v) is 17.6. The van der Waals surface area contributed by atoms with Crippen molar-refractivity contribution in [1.82, 2.24) is 4.90 Å². The van der Waals surface area contributed by atoms with Gasteiger partial charge < -0.3 is 9.47 Å². The minimum absolute atomic E-state index is 0.338. The van der Waals surface area contributed by atoms with E-state index in [-0.39, 0.29) is 0 Å². The Labute approximate surface area is 168 Å². The predicted molar refractivity (Wildman–Crippen MR) is 110 cm³/mol. The largest absolute Gasteiger partial charge is 0.453 e. The zero-order valence-electron chi connectivity index (χ0n) is 17.6. The number of unbranched alkanes of at least 4 members (excludes halogenated alkanes) is 4. The predicted octanol–water partition coefficient (Wildman–Crippen LogP) is 5.59. The van der Waals surface area contributed by atoms with Crippen LogP contribution in [0.3, 0.4) is 0 Å². The van der Waals surface area contributed by atoms with Gasteiger partial charge in [-0.1, -0.05) is 62.9 Å². The van der Waals surface area contributed by atoms with Gasteiger partial charge in [0.25, 0.3) is 0 Å². The van der Waals surface area contributed by atoms with E-state index >= 15 is 0 Å². The van der Waals surface area contributed by atoms with Crippen LogP contribution in [0.2, 0.25) is 0 Å². The quantitative estimate of drug-likeness (QED) is 0.409. The third-order valence-electron chi connectivity index (χ3n) is 4.53. The molecule has 5 nitrogen and oxygen atoms in total. The van der Waals surface area contributed by atoms with Gasteiger partial charge in [0.05, 0.1) is 12.2 Å². The minimum atomic E-state index is -0.619. The highest BCUT2D eigenvalue weighted by molar-refractivity contribution is 5.87. The van der Waals surface area contributed by atoms with E-state index in [0.29, 0.717) is 12.2 Å². The van der Waals surface area contributed by atoms with Crippen LogP contribution in [0.1, 0.15) is 71.8 Å². The summed E-state index contributed by atoms with van der Waals surface area (Å²) in [6.45, 7) is 8.02. The highest BCUT2D eigenvalue weighted by Gasteiger charge is 2.35. The molecule has 0 aliphatic carbocycles. The third-order valence-corrected chi connectivity index (χ3v) is 4.53. The Kier molecular flexibility index (Phi) is 8.09. The summed E-state index contributed by atoms with van der Waals surface area (Å²) in [6, 6.07) is 9.70. The number of hydrogen-bond donors (Lipinski definition) is 0. The van der Waals surface area contributed by atoms with E-state index in [9.17, 15) is 9.59 Å². The van der Waals surface area contributed by atoms with Crippen molar-refractivity contribution in [3.05, 3.63) is 47.7 Å². The van der Waals surface area contributed by atoms with E-state index in [1.165, 1.54) is 25.3 Å². The van der Waals surface area contributed by atoms with Gasteiger partial charge in [0.1, 0.15) is 11.7 Å². The van der Waals surface area contributed by atoms with Gasteiger partial charge in [-0.15, -0.1) is 0 Å². The molecule has 1 heterocycles. The smallest absolute Gasteiger partial charge is 0.414 e. The fraction of sp³-hybridized carbons (Fsp3) is 0.565. The molecule has 1 atom stereocenters. The number of nitrogens with zero attached hydrogens (tertiary/aromatic N) is 1. The van der Waals surface area contributed by atoms with Crippen LogP contribution in [0.25, 0.3) is 0 Å². The lowest BCUT2D eigenvalue weighted by Gasteiger charge is -2.30. The molecule has 0 aromatic heterocycles. The van der Waals surface area contributed by atoms with Crippen LogP contribution in [-0.2, 0) is 20.8 Å². The molecule has 2 rings (SSSR count). The third kappa shape index (κ3) is 7.02. The number of hydrogen-bond acceptors (Lipinski definition) is 4. The molecule has 28 heavy (non-hydrogen) atoms. The van der Waals surface area contributed by atoms with Crippen molar-refractivity contribution < 1.29 is 19.1 Å². The van der Waals surface area contributed by atoms with Crippen molar-refractivity contribution in [3.8, 4) is 0 Å². The molecule has 1 amide bonds. The summed E-state index contributed by atoms with van der Waals surface area (Å²) in [5, 5.41) is 0. The number of cyclic esters (lactones) is 1. The van der Waals surface area contributed by atoms with Gasteiger partial charge in [-0.3, -0.25) is 4.90 Å². The van der Waals surface area contributed by atoms with Gasteiger partial charge in [0, 0.05) is 6.08 Å². The van der Waals surface area contributed by atoms with Crippen molar-refractivity contribution >= 4 is 12.1 Å². The molecule has 0 saturated carbocycles. The molecule has 154 valence electrons. The lowest BCUT2D eigenvalue weighted by atomic mass is 10.1. The van der Waals surface area contributed by atoms with Crippen LogP contribution in [-0.4, -0.2) is 28.7 Å². The molecule has 0 saturated heterocycles. The highest BCUT2D eigenvalue weighted by atomic mass is 16.6. The van der Waals surface area contributed by atoms with Crippen LogP contribution >= 0.6 is 0 Å². The molecule has 5 heteroatoms. The van der Waals surface area contributed by atoms with E-state index in [4.69, 9.17) is 9.47 Å². The monoisotopic (exact) mass is 387 g/mol. The van der Waals surface area contributed by atoms with Gasteiger partial charge in [-0.2, -0.15) is 0 Å². The Morgan fingerprint density at radius 3 is 2.43 bits per heavy atom. The summed E-state index contributed by atoms with van der Waals surface area (Å²) in [6.07, 6.45) is 6.93. The van der Waals surface area contributed by atoms with E-state index in [1.54, 1.807) is 4.90 Å². The molecule has 0 fully saturated rings. The van der Waals surface area contributed by atoms with E-state index in [1.807, 2.05) is 51.1 Å². The summed E-state index contributed by atoms with van der Waals surface area (Å²) in [5.74, 6) is -0.393. The molecule has 0 bridgehead atoms. The van der Waals surface area contributed by atoms with E-state index in [0.717, 1.165) is 24.8 Å². The number of esters is 1.